The molecule has 0 saturated heterocycles. The fourth-order valence-corrected chi connectivity index (χ4v) is 4.49. The second kappa shape index (κ2) is 5.21. The standard InChI is InChI=1S/C19H19N3S/c1-12-9-16(21-17(12)11-20)13-5-6-15-14(10-13)19(18(23)22-15)7-3-2-4-8-19/h5-6,9-10,21H,2-4,7-8H2,1H3,(H,22,23). The maximum absolute atomic E-state index is 9.16. The third kappa shape index (κ3) is 2.11. The molecular formula is C19H19N3S. The van der Waals surface area contributed by atoms with E-state index in [1.807, 2.05) is 6.92 Å². The van der Waals surface area contributed by atoms with E-state index in [2.05, 4.69) is 40.6 Å². The maximum Gasteiger partial charge on any atom is 0.121 e. The lowest BCUT2D eigenvalue weighted by Gasteiger charge is -2.33. The van der Waals surface area contributed by atoms with Gasteiger partial charge in [0.05, 0.1) is 4.99 Å². The minimum atomic E-state index is 0.0264. The Labute approximate surface area is 141 Å². The molecule has 1 spiro atoms. The highest BCUT2D eigenvalue weighted by molar-refractivity contribution is 7.80. The van der Waals surface area contributed by atoms with Gasteiger partial charge in [0.25, 0.3) is 0 Å². The first-order valence-electron chi connectivity index (χ1n) is 8.20. The Hall–Kier alpha value is -2.12. The van der Waals surface area contributed by atoms with Crippen molar-refractivity contribution in [1.29, 1.82) is 5.26 Å². The fourth-order valence-electron chi connectivity index (χ4n) is 4.06. The Morgan fingerprint density at radius 3 is 2.65 bits per heavy atom. The van der Waals surface area contributed by atoms with Crippen molar-refractivity contribution in [3.63, 3.8) is 0 Å². The number of aromatic nitrogens is 1. The molecule has 3 nitrogen and oxygen atoms in total. The molecule has 1 aromatic heterocycles. The van der Waals surface area contributed by atoms with Gasteiger partial charge in [-0.25, -0.2) is 0 Å². The number of fused-ring (bicyclic) bond motifs is 2. The van der Waals surface area contributed by atoms with Crippen molar-refractivity contribution in [2.75, 3.05) is 5.32 Å². The summed E-state index contributed by atoms with van der Waals surface area (Å²) >= 11 is 5.70. The molecule has 1 saturated carbocycles. The third-order valence-corrected chi connectivity index (χ3v) is 5.86. The van der Waals surface area contributed by atoms with E-state index in [1.54, 1.807) is 0 Å². The Kier molecular flexibility index (Phi) is 3.28. The summed E-state index contributed by atoms with van der Waals surface area (Å²) in [5, 5.41) is 12.6. The number of rotatable bonds is 1. The van der Waals surface area contributed by atoms with Crippen LogP contribution in [-0.2, 0) is 5.41 Å². The summed E-state index contributed by atoms with van der Waals surface area (Å²) in [6, 6.07) is 10.8. The van der Waals surface area contributed by atoms with Crippen LogP contribution >= 0.6 is 12.2 Å². The molecule has 0 atom stereocenters. The van der Waals surface area contributed by atoms with Crippen LogP contribution < -0.4 is 5.32 Å². The van der Waals surface area contributed by atoms with Gasteiger partial charge in [0.1, 0.15) is 11.8 Å². The second-order valence-electron chi connectivity index (χ2n) is 6.71. The summed E-state index contributed by atoms with van der Waals surface area (Å²) < 4.78 is 0. The molecule has 2 aliphatic rings. The zero-order valence-electron chi connectivity index (χ0n) is 13.2. The number of nitriles is 1. The van der Waals surface area contributed by atoms with Crippen LogP contribution in [0, 0.1) is 18.3 Å². The lowest BCUT2D eigenvalue weighted by molar-refractivity contribution is 0.389. The van der Waals surface area contributed by atoms with Crippen molar-refractivity contribution in [3.05, 3.63) is 41.1 Å². The molecule has 2 N–H and O–H groups in total. The van der Waals surface area contributed by atoms with E-state index in [1.165, 1.54) is 24.8 Å². The molecule has 0 unspecified atom stereocenters. The second-order valence-corrected chi connectivity index (χ2v) is 7.12. The van der Waals surface area contributed by atoms with E-state index in [-0.39, 0.29) is 5.41 Å². The zero-order chi connectivity index (χ0) is 16.0. The highest BCUT2D eigenvalue weighted by Gasteiger charge is 2.44. The number of thiocarbonyl (C=S) groups is 1. The number of hydrogen-bond donors (Lipinski definition) is 2. The summed E-state index contributed by atoms with van der Waals surface area (Å²) in [6.45, 7) is 1.96. The molecule has 1 fully saturated rings. The van der Waals surface area contributed by atoms with Gasteiger partial charge in [-0.2, -0.15) is 5.26 Å². The molecule has 4 heteroatoms. The molecule has 4 rings (SSSR count). The minimum Gasteiger partial charge on any atom is -0.349 e. The van der Waals surface area contributed by atoms with Crippen LogP contribution in [0.3, 0.4) is 0 Å². The summed E-state index contributed by atoms with van der Waals surface area (Å²) in [7, 11) is 0. The first-order valence-corrected chi connectivity index (χ1v) is 8.61. The Balaban J connectivity index is 1.82. The quantitative estimate of drug-likeness (QED) is 0.741. The molecule has 0 bridgehead atoms. The van der Waals surface area contributed by atoms with Gasteiger partial charge >= 0.3 is 0 Å². The average molecular weight is 321 g/mol. The number of nitrogens with zero attached hydrogens (tertiary/aromatic N) is 1. The first-order chi connectivity index (χ1) is 11.1. The number of aromatic amines is 1. The lowest BCUT2D eigenvalue weighted by Crippen LogP contribution is -2.35. The lowest BCUT2D eigenvalue weighted by atomic mass is 9.70. The van der Waals surface area contributed by atoms with Crippen LogP contribution in [0.15, 0.2) is 24.3 Å². The van der Waals surface area contributed by atoms with Crippen LogP contribution in [-0.4, -0.2) is 9.97 Å². The largest absolute Gasteiger partial charge is 0.349 e. The molecule has 0 radical (unpaired) electrons. The summed E-state index contributed by atoms with van der Waals surface area (Å²) in [6.07, 6.45) is 6.07. The topological polar surface area (TPSA) is 51.6 Å². The number of aryl methyl sites for hydroxylation is 1. The van der Waals surface area contributed by atoms with E-state index in [0.717, 1.165) is 40.3 Å². The van der Waals surface area contributed by atoms with E-state index in [4.69, 9.17) is 17.5 Å². The van der Waals surface area contributed by atoms with Gasteiger partial charge in [-0.1, -0.05) is 37.5 Å². The van der Waals surface area contributed by atoms with E-state index < -0.39 is 0 Å². The fraction of sp³-hybridized carbons (Fsp3) is 0.368. The van der Waals surface area contributed by atoms with Crippen LogP contribution in [0.2, 0.25) is 0 Å². The van der Waals surface area contributed by atoms with E-state index >= 15 is 0 Å². The van der Waals surface area contributed by atoms with Gasteiger partial charge in [0, 0.05) is 16.8 Å². The van der Waals surface area contributed by atoms with Crippen molar-refractivity contribution in [1.82, 2.24) is 4.98 Å². The number of hydrogen-bond acceptors (Lipinski definition) is 2. The average Bonchev–Trinajstić information content (AvgIpc) is 3.07. The van der Waals surface area contributed by atoms with Crippen LogP contribution in [0.25, 0.3) is 11.3 Å². The Morgan fingerprint density at radius 2 is 1.96 bits per heavy atom. The van der Waals surface area contributed by atoms with Gasteiger partial charge in [-0.05, 0) is 54.7 Å². The van der Waals surface area contributed by atoms with Crippen LogP contribution in [0.1, 0.15) is 48.9 Å². The predicted octanol–water partition coefficient (Wildman–Crippen LogP) is 4.82. The molecule has 2 heterocycles. The SMILES string of the molecule is Cc1cc(-c2ccc3c(c2)C2(CCCCC2)C(=S)N3)[nH]c1C#N. The normalized spacial score (nSPS) is 18.5. The van der Waals surface area contributed by atoms with Crippen molar-refractivity contribution >= 4 is 22.9 Å². The highest BCUT2D eigenvalue weighted by atomic mass is 32.1. The van der Waals surface area contributed by atoms with Gasteiger partial charge in [0.2, 0.25) is 0 Å². The van der Waals surface area contributed by atoms with Crippen molar-refractivity contribution < 1.29 is 0 Å². The number of nitrogens with one attached hydrogen (secondary N) is 2. The minimum absolute atomic E-state index is 0.0264. The molecule has 2 aromatic rings. The van der Waals surface area contributed by atoms with Gasteiger partial charge in [-0.3, -0.25) is 0 Å². The Bertz CT molecular complexity index is 835. The molecule has 1 aliphatic carbocycles. The van der Waals surface area contributed by atoms with Crippen molar-refractivity contribution in [3.8, 4) is 17.3 Å². The summed E-state index contributed by atoms with van der Waals surface area (Å²) in [5.41, 5.74) is 6.29. The molecular weight excluding hydrogens is 302 g/mol. The number of anilines is 1. The number of benzene rings is 1. The van der Waals surface area contributed by atoms with Crippen molar-refractivity contribution in [2.45, 2.75) is 44.4 Å². The molecule has 0 amide bonds. The molecule has 116 valence electrons. The van der Waals surface area contributed by atoms with Gasteiger partial charge < -0.3 is 10.3 Å². The van der Waals surface area contributed by atoms with E-state index in [9.17, 15) is 0 Å². The summed E-state index contributed by atoms with van der Waals surface area (Å²) in [5.74, 6) is 0. The van der Waals surface area contributed by atoms with Gasteiger partial charge in [0.15, 0.2) is 0 Å². The number of H-pyrrole nitrogens is 1. The van der Waals surface area contributed by atoms with E-state index in [0.29, 0.717) is 5.69 Å². The summed E-state index contributed by atoms with van der Waals surface area (Å²) in [4.78, 5) is 4.22. The first kappa shape index (κ1) is 14.5. The molecule has 1 aliphatic heterocycles. The Morgan fingerprint density at radius 1 is 1.17 bits per heavy atom. The van der Waals surface area contributed by atoms with Crippen LogP contribution in [0.4, 0.5) is 5.69 Å². The predicted molar refractivity (Wildman–Crippen MR) is 96.7 cm³/mol. The smallest absolute Gasteiger partial charge is 0.121 e. The van der Waals surface area contributed by atoms with Gasteiger partial charge in [-0.15, -0.1) is 0 Å². The monoisotopic (exact) mass is 321 g/mol. The maximum atomic E-state index is 9.16. The third-order valence-electron chi connectivity index (χ3n) is 5.36. The van der Waals surface area contributed by atoms with Crippen molar-refractivity contribution in [2.24, 2.45) is 0 Å². The highest BCUT2D eigenvalue weighted by Crippen LogP contribution is 2.49. The van der Waals surface area contributed by atoms with Crippen LogP contribution in [0.5, 0.6) is 0 Å². The molecule has 1 aromatic carbocycles. The zero-order valence-corrected chi connectivity index (χ0v) is 14.0. The molecule has 23 heavy (non-hydrogen) atoms.